The van der Waals surface area contributed by atoms with Crippen molar-refractivity contribution < 1.29 is 23.1 Å². The van der Waals surface area contributed by atoms with Gasteiger partial charge in [0, 0.05) is 21.9 Å². The summed E-state index contributed by atoms with van der Waals surface area (Å²) >= 11 is 1.96. The quantitative estimate of drug-likeness (QED) is 0.305. The van der Waals surface area contributed by atoms with E-state index in [4.69, 9.17) is 11.5 Å². The largest absolute Gasteiger partial charge is 0.390 e. The number of carbonyl (C=O) groups is 1. The highest BCUT2D eigenvalue weighted by Gasteiger charge is 2.30. The van der Waals surface area contributed by atoms with E-state index in [0.717, 1.165) is 5.56 Å². The van der Waals surface area contributed by atoms with Crippen molar-refractivity contribution in [2.45, 2.75) is 43.5 Å². The second-order valence-corrected chi connectivity index (χ2v) is 10.2. The van der Waals surface area contributed by atoms with Crippen molar-refractivity contribution in [2.24, 2.45) is 5.73 Å². The monoisotopic (exact) mass is 610 g/mol. The summed E-state index contributed by atoms with van der Waals surface area (Å²) in [5, 5.41) is 12.3. The number of nitrogens with two attached hydrogens (primary N) is 2. The first-order valence-corrected chi connectivity index (χ1v) is 12.6. The molecule has 10 heteroatoms. The van der Waals surface area contributed by atoms with E-state index >= 15 is 4.39 Å². The maximum atomic E-state index is 15.1. The molecule has 0 aliphatic heterocycles. The molecule has 1 aliphatic carbocycles. The Labute approximate surface area is 220 Å². The molecule has 4 rings (SSSR count). The van der Waals surface area contributed by atoms with Crippen molar-refractivity contribution in [3.05, 3.63) is 80.6 Å². The molecule has 0 bridgehead atoms. The van der Waals surface area contributed by atoms with Gasteiger partial charge in [-0.2, -0.15) is 0 Å². The first kappa shape index (κ1) is 26.4. The molecule has 0 unspecified atom stereocenters. The second-order valence-electron chi connectivity index (χ2n) is 8.95. The van der Waals surface area contributed by atoms with Crippen LogP contribution in [0.15, 0.2) is 48.7 Å². The van der Waals surface area contributed by atoms with Crippen LogP contribution in [-0.4, -0.2) is 34.8 Å². The number of alkyl halides is 1. The van der Waals surface area contributed by atoms with Gasteiger partial charge in [0.15, 0.2) is 0 Å². The van der Waals surface area contributed by atoms with Gasteiger partial charge in [0.2, 0.25) is 0 Å². The number of pyridine rings is 1. The minimum Gasteiger partial charge on any atom is -0.390 e. The number of hydrogen-bond donors (Lipinski definition) is 4. The third kappa shape index (κ3) is 5.81. The third-order valence-electron chi connectivity index (χ3n) is 6.50. The molecule has 2 aromatic carbocycles. The molecule has 1 aliphatic rings. The average molecular weight is 610 g/mol. The molecule has 3 aromatic rings. The molecule has 190 valence electrons. The van der Waals surface area contributed by atoms with Gasteiger partial charge in [0.1, 0.15) is 23.6 Å². The van der Waals surface area contributed by atoms with Crippen molar-refractivity contribution in [1.29, 1.82) is 0 Å². The van der Waals surface area contributed by atoms with E-state index in [1.165, 1.54) is 24.3 Å². The molecule has 1 heterocycles. The van der Waals surface area contributed by atoms with Crippen LogP contribution in [0.25, 0.3) is 11.1 Å². The Hall–Kier alpha value is -2.70. The molecule has 6 N–H and O–H groups in total. The number of halogens is 4. The van der Waals surface area contributed by atoms with Gasteiger partial charge in [-0.1, -0.05) is 6.07 Å². The summed E-state index contributed by atoms with van der Waals surface area (Å²) in [7, 11) is 0. The number of benzene rings is 2. The molecule has 1 saturated carbocycles. The summed E-state index contributed by atoms with van der Waals surface area (Å²) in [5.74, 6) is -1.89. The van der Waals surface area contributed by atoms with Gasteiger partial charge in [0.25, 0.3) is 5.91 Å². The number of aliphatic hydroxyl groups is 1. The SMILES string of the molecule is NC[C@@H](NC(=O)c1ccc(-c2cc([C@@H]3CC[C@@H](O)[C@H](F)C3)cnc2N)cc1F)c1cc(F)cc(I)c1. The van der Waals surface area contributed by atoms with E-state index in [1.54, 1.807) is 24.4 Å². The van der Waals surface area contributed by atoms with Gasteiger partial charge >= 0.3 is 0 Å². The number of nitrogen functional groups attached to an aromatic ring is 1. The lowest BCUT2D eigenvalue weighted by atomic mass is 9.81. The Bertz CT molecular complexity index is 1260. The summed E-state index contributed by atoms with van der Waals surface area (Å²) in [6.07, 6.45) is 0.431. The molecule has 0 saturated heterocycles. The summed E-state index contributed by atoms with van der Waals surface area (Å²) < 4.78 is 43.6. The molecular formula is C26H26F3IN4O2. The number of aromatic nitrogens is 1. The molecule has 4 atom stereocenters. The lowest BCUT2D eigenvalue weighted by molar-refractivity contribution is 0.0368. The maximum absolute atomic E-state index is 15.1. The van der Waals surface area contributed by atoms with Crippen molar-refractivity contribution in [3.63, 3.8) is 0 Å². The van der Waals surface area contributed by atoms with Gasteiger partial charge in [-0.25, -0.2) is 18.2 Å². The van der Waals surface area contributed by atoms with Crippen LogP contribution in [0.1, 0.15) is 52.7 Å². The fourth-order valence-electron chi connectivity index (χ4n) is 4.51. The van der Waals surface area contributed by atoms with Crippen LogP contribution in [0.3, 0.4) is 0 Å². The summed E-state index contributed by atoms with van der Waals surface area (Å²) in [6.45, 7) is -0.00208. The molecule has 0 spiro atoms. The Morgan fingerprint density at radius 2 is 1.97 bits per heavy atom. The molecule has 1 fully saturated rings. The average Bonchev–Trinajstić information content (AvgIpc) is 2.83. The van der Waals surface area contributed by atoms with Crippen LogP contribution in [-0.2, 0) is 0 Å². The summed E-state index contributed by atoms with van der Waals surface area (Å²) in [4.78, 5) is 17.0. The lowest BCUT2D eigenvalue weighted by Gasteiger charge is -2.29. The van der Waals surface area contributed by atoms with E-state index in [0.29, 0.717) is 33.1 Å². The zero-order valence-corrected chi connectivity index (χ0v) is 21.4. The first-order valence-electron chi connectivity index (χ1n) is 11.5. The van der Waals surface area contributed by atoms with E-state index in [2.05, 4.69) is 10.3 Å². The maximum Gasteiger partial charge on any atom is 0.254 e. The predicted octanol–water partition coefficient (Wildman–Crippen LogP) is 4.61. The van der Waals surface area contributed by atoms with Crippen LogP contribution in [0.4, 0.5) is 19.0 Å². The zero-order valence-electron chi connectivity index (χ0n) is 19.2. The van der Waals surface area contributed by atoms with Crippen LogP contribution < -0.4 is 16.8 Å². The van der Waals surface area contributed by atoms with Gasteiger partial charge in [0.05, 0.1) is 17.7 Å². The van der Waals surface area contributed by atoms with Crippen LogP contribution in [0.2, 0.25) is 0 Å². The topological polar surface area (TPSA) is 114 Å². The van der Waals surface area contributed by atoms with E-state index in [-0.39, 0.29) is 30.3 Å². The normalized spacial score (nSPS) is 20.7. The highest BCUT2D eigenvalue weighted by atomic mass is 127. The number of aliphatic hydroxyl groups excluding tert-OH is 1. The van der Waals surface area contributed by atoms with Gasteiger partial charge in [-0.05, 0) is 101 Å². The van der Waals surface area contributed by atoms with Crippen molar-refractivity contribution in [3.8, 4) is 11.1 Å². The Balaban J connectivity index is 1.56. The van der Waals surface area contributed by atoms with Gasteiger partial charge in [-0.15, -0.1) is 0 Å². The number of nitrogens with zero attached hydrogens (tertiary/aromatic N) is 1. The molecule has 1 amide bonds. The highest BCUT2D eigenvalue weighted by Crippen LogP contribution is 2.37. The number of amides is 1. The Morgan fingerprint density at radius 3 is 2.64 bits per heavy atom. The number of hydrogen-bond acceptors (Lipinski definition) is 5. The van der Waals surface area contributed by atoms with Gasteiger partial charge < -0.3 is 21.9 Å². The zero-order chi connectivity index (χ0) is 26.0. The van der Waals surface area contributed by atoms with Crippen LogP contribution in [0.5, 0.6) is 0 Å². The van der Waals surface area contributed by atoms with E-state index < -0.39 is 35.9 Å². The number of rotatable bonds is 6. The van der Waals surface area contributed by atoms with Crippen LogP contribution >= 0.6 is 22.6 Å². The smallest absolute Gasteiger partial charge is 0.254 e. The Morgan fingerprint density at radius 1 is 1.19 bits per heavy atom. The predicted molar refractivity (Wildman–Crippen MR) is 140 cm³/mol. The molecular weight excluding hydrogens is 584 g/mol. The van der Waals surface area contributed by atoms with Crippen molar-refractivity contribution in [1.82, 2.24) is 10.3 Å². The van der Waals surface area contributed by atoms with E-state index in [9.17, 15) is 18.7 Å². The molecule has 6 nitrogen and oxygen atoms in total. The first-order chi connectivity index (χ1) is 17.2. The third-order valence-corrected chi connectivity index (χ3v) is 7.12. The van der Waals surface area contributed by atoms with Crippen molar-refractivity contribution >= 4 is 34.3 Å². The molecule has 0 radical (unpaired) electrons. The number of nitrogens with one attached hydrogen (secondary N) is 1. The molecule has 1 aromatic heterocycles. The molecule has 36 heavy (non-hydrogen) atoms. The number of carbonyl (C=O) groups excluding carboxylic acids is 1. The van der Waals surface area contributed by atoms with Gasteiger partial charge in [-0.3, -0.25) is 4.79 Å². The van der Waals surface area contributed by atoms with Crippen molar-refractivity contribution in [2.75, 3.05) is 12.3 Å². The minimum absolute atomic E-state index is 0.00208. The standard InChI is InChI=1S/C26H26F3IN4O2/c27-17-5-15(6-18(30)10-17)23(11-31)34-26(36)19-3-1-14(9-21(19)28)20-7-16(12-33-25(20)32)13-2-4-24(35)22(29)8-13/h1,3,5-7,9-10,12-13,22-24,35H,2,4,8,11,31H2,(H2,32,33)(H,34,36)/t13-,22-,23-,24-/m1/s1. The van der Waals surface area contributed by atoms with E-state index in [1.807, 2.05) is 22.6 Å². The summed E-state index contributed by atoms with van der Waals surface area (Å²) in [6, 6.07) is 9.46. The highest BCUT2D eigenvalue weighted by molar-refractivity contribution is 14.1. The minimum atomic E-state index is -1.31. The summed E-state index contributed by atoms with van der Waals surface area (Å²) in [5.41, 5.74) is 13.8. The second kappa shape index (κ2) is 11.1. The van der Waals surface area contributed by atoms with Crippen LogP contribution in [0, 0.1) is 15.2 Å². The fourth-order valence-corrected chi connectivity index (χ4v) is 5.16. The Kier molecular flexibility index (Phi) is 8.16. The number of anilines is 1. The fraction of sp³-hybridized carbons (Fsp3) is 0.308. The lowest BCUT2D eigenvalue weighted by Crippen LogP contribution is -2.34.